The van der Waals surface area contributed by atoms with Crippen molar-refractivity contribution in [1.82, 2.24) is 24.8 Å². The van der Waals surface area contributed by atoms with Gasteiger partial charge in [-0.25, -0.2) is 19.7 Å². The number of hydrogen-bond acceptors (Lipinski definition) is 16. The van der Waals surface area contributed by atoms with Gasteiger partial charge in [-0.2, -0.15) is 8.42 Å². The quantitative estimate of drug-likeness (QED) is 0.110. The number of ether oxygens (including phenoxy) is 2. The fourth-order valence-corrected chi connectivity index (χ4v) is 12.6. The summed E-state index contributed by atoms with van der Waals surface area (Å²) in [6.07, 6.45) is 5.22. The first-order valence-corrected chi connectivity index (χ1v) is 20.9. The minimum absolute atomic E-state index is 0.0606. The molecule has 0 amide bonds. The number of piperidine rings is 2. The second-order valence-corrected chi connectivity index (χ2v) is 18.9. The number of aliphatic hydroxyl groups excluding tert-OH is 1. The van der Waals surface area contributed by atoms with Crippen LogP contribution in [0.15, 0.2) is 24.3 Å². The number of imidazole rings is 1. The van der Waals surface area contributed by atoms with E-state index in [1.807, 2.05) is 6.92 Å². The molecule has 19 nitrogen and oxygen atoms in total. The summed E-state index contributed by atoms with van der Waals surface area (Å²) in [6.45, 7) is 10.1. The molecule has 14 atom stereocenters. The van der Waals surface area contributed by atoms with Crippen molar-refractivity contribution in [1.29, 1.82) is 0 Å². The lowest BCUT2D eigenvalue weighted by Crippen LogP contribution is -2.85. The van der Waals surface area contributed by atoms with E-state index in [0.29, 0.717) is 67.1 Å². The highest BCUT2D eigenvalue weighted by molar-refractivity contribution is 7.79. The first-order chi connectivity index (χ1) is 26.3. The number of esters is 1. The average molecular weight is 825 g/mol. The number of carbonyl (C=O) groups excluding carboxylic acids is 1. The Hall–Kier alpha value is -2.89. The zero-order valence-corrected chi connectivity index (χ0v) is 33.6. The Morgan fingerprint density at radius 3 is 2.32 bits per heavy atom. The van der Waals surface area contributed by atoms with Gasteiger partial charge in [-0.1, -0.05) is 19.9 Å². The summed E-state index contributed by atoms with van der Waals surface area (Å²) in [4.78, 5) is 29.3. The third kappa shape index (κ3) is 5.92. The predicted octanol–water partition coefficient (Wildman–Crippen LogP) is 0.274. The zero-order chi connectivity index (χ0) is 41.9. The van der Waals surface area contributed by atoms with Crippen molar-refractivity contribution in [3.63, 3.8) is 0 Å². The molecule has 14 unspecified atom stereocenters. The van der Waals surface area contributed by atoms with Crippen LogP contribution in [0, 0.1) is 29.1 Å². The van der Waals surface area contributed by atoms with Crippen molar-refractivity contribution in [3.05, 3.63) is 24.3 Å². The van der Waals surface area contributed by atoms with E-state index in [9.17, 15) is 35.4 Å². The number of allylic oxidation sites excluding steroid dienone is 1. The number of rotatable bonds is 2. The molecule has 7 aliphatic rings. The normalized spacial score (nSPS) is 47.2. The van der Waals surface area contributed by atoms with Gasteiger partial charge in [-0.15, -0.1) is 0 Å². The van der Waals surface area contributed by atoms with E-state index in [1.54, 1.807) is 26.8 Å². The van der Waals surface area contributed by atoms with Crippen molar-refractivity contribution in [2.75, 3.05) is 18.8 Å². The molecule has 4 bridgehead atoms. The Morgan fingerprint density at radius 1 is 1.00 bits per heavy atom. The standard InChI is InChI=1S/C32H49NO9.C5H5N5.H2O4S/c1-6-18(3)25(35)41-24-11-12-26(4)19-8-9-20-28(37)13-23(34)31(39)21(29(28,38)16-30(20,26)42-32(19,24)40)15-33-14-17(2)7-10-22(33)27(31,5)36;6-4-3-5(9-1-7-3)10-2-8-4;1-5(2,3)4/h6,17,19-24,34,36-40H,7-16H2,1-5H3;1-2H,(H3,6,7,8,9,10);(H2,1,2,3,4). The molecule has 2 aromatic rings. The summed E-state index contributed by atoms with van der Waals surface area (Å²) in [5, 5.41) is 73.9. The minimum Gasteiger partial charge on any atom is -0.453 e. The van der Waals surface area contributed by atoms with Gasteiger partial charge >= 0.3 is 16.4 Å². The monoisotopic (exact) mass is 824 g/mol. The molecule has 9 rings (SSSR count). The van der Waals surface area contributed by atoms with Crippen LogP contribution in [0.3, 0.4) is 0 Å². The number of nitrogen functional groups attached to an aromatic ring is 1. The number of nitrogens with one attached hydrogen (secondary N) is 1. The summed E-state index contributed by atoms with van der Waals surface area (Å²) < 4.78 is 44.2. The van der Waals surface area contributed by atoms with Crippen molar-refractivity contribution in [3.8, 4) is 0 Å². The molecule has 0 aromatic carbocycles. The lowest BCUT2D eigenvalue weighted by molar-refractivity contribution is -0.354. The van der Waals surface area contributed by atoms with Crippen LogP contribution in [0.4, 0.5) is 5.82 Å². The molecule has 3 saturated heterocycles. The maximum Gasteiger partial charge on any atom is 0.394 e. The number of H-pyrrole nitrogens is 1. The van der Waals surface area contributed by atoms with Gasteiger partial charge in [0.15, 0.2) is 17.6 Å². The first kappa shape index (κ1) is 42.2. The maximum absolute atomic E-state index is 12.9. The molecule has 2 aromatic heterocycles. The minimum atomic E-state index is -4.67. The second-order valence-electron chi connectivity index (χ2n) is 18.0. The van der Waals surface area contributed by atoms with Crippen LogP contribution in [-0.4, -0.2) is 144 Å². The SMILES string of the molecule is CC=C(C)C(=O)OC1CCC2(C)C3CCC4C5(O)CC(O)C6(O)C(CN7CC(C)CCC7C6(C)O)C5(O)CC42OC13O.Nc1ncnc2nc[nH]c12.O=S(=O)(O)O. The number of anilines is 1. The van der Waals surface area contributed by atoms with E-state index in [1.165, 1.54) is 12.7 Å². The number of aromatic amines is 1. The molecule has 7 fully saturated rings. The summed E-state index contributed by atoms with van der Waals surface area (Å²) in [5.41, 5.74) is -2.18. The van der Waals surface area contributed by atoms with Crippen LogP contribution in [0.2, 0.25) is 0 Å². The summed E-state index contributed by atoms with van der Waals surface area (Å²) in [7, 11) is -4.67. The molecular weight excluding hydrogens is 769 g/mol. The highest BCUT2D eigenvalue weighted by Crippen LogP contribution is 2.78. The molecular formula is C37H56N6O13S. The Morgan fingerprint density at radius 2 is 1.67 bits per heavy atom. The van der Waals surface area contributed by atoms with E-state index in [-0.39, 0.29) is 25.4 Å². The molecule has 20 heteroatoms. The van der Waals surface area contributed by atoms with Crippen molar-refractivity contribution in [2.45, 2.75) is 138 Å². The molecule has 57 heavy (non-hydrogen) atoms. The van der Waals surface area contributed by atoms with Gasteiger partial charge in [0.25, 0.3) is 0 Å². The molecule has 4 aliphatic carbocycles. The van der Waals surface area contributed by atoms with Gasteiger partial charge in [0.1, 0.15) is 34.2 Å². The van der Waals surface area contributed by atoms with Gasteiger partial charge in [-0.3, -0.25) is 14.0 Å². The number of aliphatic hydroxyl groups is 6. The van der Waals surface area contributed by atoms with E-state index >= 15 is 0 Å². The second kappa shape index (κ2) is 13.6. The number of hydrogen-bond donors (Lipinski definition) is 10. The summed E-state index contributed by atoms with van der Waals surface area (Å²) in [5.74, 6) is -3.61. The van der Waals surface area contributed by atoms with Crippen molar-refractivity contribution >= 4 is 33.4 Å². The Bertz CT molecular complexity index is 2050. The third-order valence-corrected chi connectivity index (χ3v) is 15.3. The number of aromatic nitrogens is 4. The largest absolute Gasteiger partial charge is 0.453 e. The van der Waals surface area contributed by atoms with Crippen LogP contribution >= 0.6 is 0 Å². The fraction of sp³-hybridized carbons (Fsp3) is 0.784. The lowest BCUT2D eigenvalue weighted by atomic mass is 9.49. The Kier molecular flexibility index (Phi) is 10.1. The van der Waals surface area contributed by atoms with Gasteiger partial charge in [0, 0.05) is 60.7 Å². The highest BCUT2D eigenvalue weighted by atomic mass is 32.3. The number of nitrogens with two attached hydrogens (primary N) is 1. The van der Waals surface area contributed by atoms with Crippen LogP contribution in [0.25, 0.3) is 11.2 Å². The van der Waals surface area contributed by atoms with Gasteiger partial charge in [0.05, 0.1) is 18.0 Å². The van der Waals surface area contributed by atoms with Crippen molar-refractivity contribution < 1.29 is 62.4 Å². The van der Waals surface area contributed by atoms with Crippen LogP contribution in [0.1, 0.15) is 86.0 Å². The summed E-state index contributed by atoms with van der Waals surface area (Å²) in [6, 6.07) is -0.387. The van der Waals surface area contributed by atoms with Crippen LogP contribution < -0.4 is 5.73 Å². The van der Waals surface area contributed by atoms with E-state index < -0.39 is 85.5 Å². The third-order valence-electron chi connectivity index (χ3n) is 15.3. The predicted molar refractivity (Wildman–Crippen MR) is 200 cm³/mol. The molecule has 11 N–H and O–H groups in total. The van der Waals surface area contributed by atoms with E-state index in [2.05, 4.69) is 31.8 Å². The maximum atomic E-state index is 12.9. The van der Waals surface area contributed by atoms with E-state index in [4.69, 9.17) is 32.7 Å². The zero-order valence-electron chi connectivity index (χ0n) is 32.7. The first-order valence-electron chi connectivity index (χ1n) is 19.5. The smallest absolute Gasteiger partial charge is 0.394 e. The highest BCUT2D eigenvalue weighted by Gasteiger charge is 2.88. The van der Waals surface area contributed by atoms with E-state index in [0.717, 1.165) is 6.42 Å². The molecule has 0 radical (unpaired) electrons. The average Bonchev–Trinajstić information content (AvgIpc) is 3.67. The van der Waals surface area contributed by atoms with Gasteiger partial charge < -0.3 is 50.8 Å². The number of fused-ring (bicyclic) bond motifs is 6. The van der Waals surface area contributed by atoms with Gasteiger partial charge in [-0.05, 0) is 65.2 Å². The topological polar surface area (TPSA) is 315 Å². The molecule has 318 valence electrons. The lowest BCUT2D eigenvalue weighted by Gasteiger charge is -2.68. The molecule has 1 spiro atoms. The fourth-order valence-electron chi connectivity index (χ4n) is 12.6. The van der Waals surface area contributed by atoms with Crippen molar-refractivity contribution in [2.24, 2.45) is 29.1 Å². The number of nitrogens with zero attached hydrogens (tertiary/aromatic N) is 4. The number of carbonyl (C=O) groups is 1. The van der Waals surface area contributed by atoms with Gasteiger partial charge in [0.2, 0.25) is 5.79 Å². The summed E-state index contributed by atoms with van der Waals surface area (Å²) >= 11 is 0. The van der Waals surface area contributed by atoms with Crippen LogP contribution in [0.5, 0.6) is 0 Å². The Balaban J connectivity index is 0.000000276. The van der Waals surface area contributed by atoms with Crippen LogP contribution in [-0.2, 0) is 24.7 Å². The molecule has 3 aliphatic heterocycles. The molecule has 5 heterocycles. The Labute approximate surface area is 330 Å². The molecule has 4 saturated carbocycles.